The highest BCUT2D eigenvalue weighted by Crippen LogP contribution is 2.59. The number of amides is 2. The minimum absolute atomic E-state index is 0.116. The lowest BCUT2D eigenvalue weighted by Gasteiger charge is -2.41. The summed E-state index contributed by atoms with van der Waals surface area (Å²) in [7, 11) is 0. The normalized spacial score (nSPS) is 34.9. The number of hydrogen-bond acceptors (Lipinski definition) is 6. The van der Waals surface area contributed by atoms with Crippen LogP contribution in [-0.4, -0.2) is 75.7 Å². The van der Waals surface area contributed by atoms with Crippen molar-refractivity contribution >= 4 is 17.8 Å². The Morgan fingerprint density at radius 1 is 1.03 bits per heavy atom. The monoisotopic (exact) mass is 522 g/mol. The highest BCUT2D eigenvalue weighted by atomic mass is 16.6. The van der Waals surface area contributed by atoms with Gasteiger partial charge in [-0.3, -0.25) is 14.4 Å². The van der Waals surface area contributed by atoms with Crippen molar-refractivity contribution in [3.05, 3.63) is 60.2 Å². The number of carbonyl (C=O) groups excluding carboxylic acids is 3. The molecule has 1 aromatic carbocycles. The van der Waals surface area contributed by atoms with Crippen molar-refractivity contribution in [3.63, 3.8) is 0 Å². The van der Waals surface area contributed by atoms with Crippen LogP contribution in [0.15, 0.2) is 54.6 Å². The molecule has 8 nitrogen and oxygen atoms in total. The largest absolute Gasteiger partial charge is 0.465 e. The zero-order valence-corrected chi connectivity index (χ0v) is 22.4. The van der Waals surface area contributed by atoms with E-state index in [9.17, 15) is 19.5 Å². The molecule has 4 aliphatic rings. The summed E-state index contributed by atoms with van der Waals surface area (Å²) < 4.78 is 12.7. The first-order chi connectivity index (χ1) is 18.3. The SMILES string of the molecule is CC[C@@]12/C=C\CCCCOC(=O)[C@@H]1[C@H]1C(=O)N([C@H](CO)c3ccccc3)C3C(=O)N(C(C)C)CC=C[C@@]31O2. The lowest BCUT2D eigenvalue weighted by Crippen LogP contribution is -2.58. The number of esters is 1. The van der Waals surface area contributed by atoms with Crippen molar-refractivity contribution < 1.29 is 29.0 Å². The van der Waals surface area contributed by atoms with E-state index in [4.69, 9.17) is 9.47 Å². The van der Waals surface area contributed by atoms with Gasteiger partial charge in [-0.1, -0.05) is 61.6 Å². The number of benzene rings is 1. The number of cyclic esters (lactones) is 1. The molecular weight excluding hydrogens is 484 g/mol. The van der Waals surface area contributed by atoms with Crippen molar-refractivity contribution in [2.24, 2.45) is 11.8 Å². The number of likely N-dealkylation sites (tertiary alicyclic amines) is 1. The summed E-state index contributed by atoms with van der Waals surface area (Å²) in [5, 5.41) is 10.6. The Bertz CT molecular complexity index is 1130. The fraction of sp³-hybridized carbons (Fsp3) is 0.567. The average molecular weight is 523 g/mol. The molecule has 1 unspecified atom stereocenters. The van der Waals surface area contributed by atoms with Gasteiger partial charge in [0.25, 0.3) is 0 Å². The second-order valence-electron chi connectivity index (χ2n) is 11.0. The van der Waals surface area contributed by atoms with E-state index in [1.807, 2.05) is 75.4 Å². The second kappa shape index (κ2) is 10.3. The number of rotatable bonds is 5. The lowest BCUT2D eigenvalue weighted by atomic mass is 9.73. The molecule has 6 atom stereocenters. The molecule has 2 fully saturated rings. The van der Waals surface area contributed by atoms with Crippen molar-refractivity contribution in [3.8, 4) is 0 Å². The topological polar surface area (TPSA) is 96.4 Å². The van der Waals surface area contributed by atoms with Crippen molar-refractivity contribution in [2.45, 2.75) is 75.8 Å². The Hall–Kier alpha value is -2.97. The molecule has 0 bridgehead atoms. The highest BCUT2D eigenvalue weighted by Gasteiger charge is 2.76. The van der Waals surface area contributed by atoms with Crippen molar-refractivity contribution in [1.29, 1.82) is 0 Å². The highest BCUT2D eigenvalue weighted by molar-refractivity contribution is 5.99. The quantitative estimate of drug-likeness (QED) is 0.472. The molecule has 2 amide bonds. The molecule has 5 rings (SSSR count). The molecule has 4 heterocycles. The van der Waals surface area contributed by atoms with E-state index >= 15 is 0 Å². The maximum absolute atomic E-state index is 14.6. The Labute approximate surface area is 224 Å². The second-order valence-corrected chi connectivity index (χ2v) is 11.0. The van der Waals surface area contributed by atoms with E-state index in [1.165, 1.54) is 4.90 Å². The Kier molecular flexibility index (Phi) is 7.22. The van der Waals surface area contributed by atoms with Crippen LogP contribution in [0.5, 0.6) is 0 Å². The summed E-state index contributed by atoms with van der Waals surface area (Å²) in [5.74, 6) is -2.97. The molecule has 0 radical (unpaired) electrons. The van der Waals surface area contributed by atoms with Crippen LogP contribution in [0.2, 0.25) is 0 Å². The van der Waals surface area contributed by atoms with E-state index in [1.54, 1.807) is 4.90 Å². The molecule has 0 aliphatic carbocycles. The number of fused-ring (bicyclic) bond motifs is 2. The van der Waals surface area contributed by atoms with Gasteiger partial charge in [-0.15, -0.1) is 0 Å². The number of aliphatic hydroxyl groups is 1. The predicted octanol–water partition coefficient (Wildman–Crippen LogP) is 3.17. The number of carbonyl (C=O) groups is 3. The lowest BCUT2D eigenvalue weighted by molar-refractivity contribution is -0.163. The third-order valence-electron chi connectivity index (χ3n) is 8.67. The standard InChI is InChI=1S/C30H38N2O6/c1-4-29-15-10-5-6-11-18-37-28(36)24(29)23-26(34)32(22(19-33)21-13-8-7-9-14-21)25-27(35)31(20(2)3)17-12-16-30(23,25)38-29/h7-10,12-16,20,22-25,33H,4-6,11,17-19H2,1-3H3/b15-10-/t22-,23+,24+,25?,29-,30+/m1/s1. The average Bonchev–Trinajstić information content (AvgIpc) is 3.26. The van der Waals surface area contributed by atoms with Crippen LogP contribution < -0.4 is 0 Å². The van der Waals surface area contributed by atoms with Gasteiger partial charge in [-0.05, 0) is 45.1 Å². The van der Waals surface area contributed by atoms with Crippen LogP contribution in [0.25, 0.3) is 0 Å². The molecule has 0 aromatic heterocycles. The van der Waals surface area contributed by atoms with Crippen LogP contribution in [0.3, 0.4) is 0 Å². The fourth-order valence-corrected chi connectivity index (χ4v) is 6.82. The van der Waals surface area contributed by atoms with Gasteiger partial charge in [0.2, 0.25) is 11.8 Å². The Morgan fingerprint density at radius 3 is 2.47 bits per heavy atom. The maximum atomic E-state index is 14.6. The molecule has 2 saturated heterocycles. The van der Waals surface area contributed by atoms with Crippen LogP contribution in [0.1, 0.15) is 58.1 Å². The van der Waals surface area contributed by atoms with Gasteiger partial charge in [0.05, 0.1) is 25.2 Å². The van der Waals surface area contributed by atoms with Gasteiger partial charge in [0.1, 0.15) is 23.2 Å². The first kappa shape index (κ1) is 26.6. The zero-order valence-electron chi connectivity index (χ0n) is 22.4. The molecule has 8 heteroatoms. The Balaban J connectivity index is 1.72. The molecule has 204 valence electrons. The molecule has 1 spiro atoms. The number of ether oxygens (including phenoxy) is 2. The van der Waals surface area contributed by atoms with Crippen LogP contribution in [-0.2, 0) is 23.9 Å². The van der Waals surface area contributed by atoms with E-state index in [-0.39, 0.29) is 31.1 Å². The third kappa shape index (κ3) is 4.00. The van der Waals surface area contributed by atoms with Crippen molar-refractivity contribution in [2.75, 3.05) is 19.8 Å². The number of aliphatic hydroxyl groups excluding tert-OH is 1. The van der Waals surface area contributed by atoms with Gasteiger partial charge < -0.3 is 24.4 Å². The maximum Gasteiger partial charge on any atom is 0.313 e. The smallest absolute Gasteiger partial charge is 0.313 e. The molecule has 38 heavy (non-hydrogen) atoms. The minimum atomic E-state index is -1.38. The number of hydrogen-bond donors (Lipinski definition) is 1. The van der Waals surface area contributed by atoms with Gasteiger partial charge in [0, 0.05) is 12.6 Å². The predicted molar refractivity (Wildman–Crippen MR) is 141 cm³/mol. The molecule has 1 aromatic rings. The van der Waals surface area contributed by atoms with Gasteiger partial charge in [-0.2, -0.15) is 0 Å². The van der Waals surface area contributed by atoms with E-state index in [0.717, 1.165) is 19.3 Å². The van der Waals surface area contributed by atoms with Crippen LogP contribution in [0, 0.1) is 11.8 Å². The summed E-state index contributed by atoms with van der Waals surface area (Å²) in [4.78, 5) is 45.8. The summed E-state index contributed by atoms with van der Waals surface area (Å²) in [5.41, 5.74) is -1.75. The van der Waals surface area contributed by atoms with Crippen LogP contribution >= 0.6 is 0 Å². The van der Waals surface area contributed by atoms with E-state index < -0.39 is 41.1 Å². The van der Waals surface area contributed by atoms with Gasteiger partial charge in [0.15, 0.2) is 0 Å². The summed E-state index contributed by atoms with van der Waals surface area (Å²) in [6.07, 6.45) is 10.6. The first-order valence-corrected chi connectivity index (χ1v) is 13.8. The number of nitrogens with zero attached hydrogens (tertiary/aromatic N) is 2. The summed E-state index contributed by atoms with van der Waals surface area (Å²) >= 11 is 0. The van der Waals surface area contributed by atoms with Gasteiger partial charge >= 0.3 is 5.97 Å². The first-order valence-electron chi connectivity index (χ1n) is 13.8. The molecular formula is C30H38N2O6. The number of allylic oxidation sites excluding steroid dienone is 1. The third-order valence-corrected chi connectivity index (χ3v) is 8.67. The minimum Gasteiger partial charge on any atom is -0.465 e. The van der Waals surface area contributed by atoms with E-state index in [0.29, 0.717) is 18.5 Å². The molecule has 4 aliphatic heterocycles. The van der Waals surface area contributed by atoms with Crippen molar-refractivity contribution in [1.82, 2.24) is 9.80 Å². The Morgan fingerprint density at radius 2 is 1.79 bits per heavy atom. The molecule has 0 saturated carbocycles. The summed E-state index contributed by atoms with van der Waals surface area (Å²) in [6, 6.07) is 7.29. The van der Waals surface area contributed by atoms with Crippen LogP contribution in [0.4, 0.5) is 0 Å². The zero-order chi connectivity index (χ0) is 27.1. The fourth-order valence-electron chi connectivity index (χ4n) is 6.82. The van der Waals surface area contributed by atoms with E-state index in [2.05, 4.69) is 0 Å². The summed E-state index contributed by atoms with van der Waals surface area (Å²) in [6.45, 7) is 6.09. The van der Waals surface area contributed by atoms with Gasteiger partial charge in [-0.25, -0.2) is 0 Å². The molecule has 1 N–H and O–H groups in total.